The van der Waals surface area contributed by atoms with Gasteiger partial charge in [0.2, 0.25) is 0 Å². The number of hydrogen-bond acceptors (Lipinski definition) is 4. The van der Waals surface area contributed by atoms with Gasteiger partial charge in [0.1, 0.15) is 0 Å². The van der Waals surface area contributed by atoms with E-state index in [2.05, 4.69) is 4.98 Å². The number of carboxylic acid groups (broad SMARTS) is 1. The van der Waals surface area contributed by atoms with Gasteiger partial charge in [-0.05, 0) is 64.3 Å². The van der Waals surface area contributed by atoms with Gasteiger partial charge in [-0.25, -0.2) is 13.2 Å². The van der Waals surface area contributed by atoms with E-state index in [1.54, 1.807) is 45.0 Å². The fourth-order valence-corrected chi connectivity index (χ4v) is 5.08. The Labute approximate surface area is 165 Å². The van der Waals surface area contributed by atoms with E-state index < -0.39 is 21.7 Å². The van der Waals surface area contributed by atoms with E-state index in [-0.39, 0.29) is 4.90 Å². The minimum Gasteiger partial charge on any atom is -0.465 e. The molecule has 2 aromatic rings. The number of nitrogens with zero attached hydrogens (tertiary/aromatic N) is 3. The molecule has 1 aromatic heterocycles. The van der Waals surface area contributed by atoms with E-state index in [1.165, 1.54) is 15.4 Å². The zero-order valence-corrected chi connectivity index (χ0v) is 17.3. The Morgan fingerprint density at radius 1 is 1.25 bits per heavy atom. The topological polar surface area (TPSA) is 90.8 Å². The maximum absolute atomic E-state index is 13.3. The van der Waals surface area contributed by atoms with Crippen molar-refractivity contribution in [3.05, 3.63) is 47.8 Å². The average Bonchev–Trinajstić information content (AvgIpc) is 2.59. The molecule has 7 nitrogen and oxygen atoms in total. The summed E-state index contributed by atoms with van der Waals surface area (Å²) in [5.41, 5.74) is 1.61. The third-order valence-corrected chi connectivity index (χ3v) is 6.48. The summed E-state index contributed by atoms with van der Waals surface area (Å²) in [7, 11) is -3.77. The Morgan fingerprint density at radius 3 is 2.57 bits per heavy atom. The fourth-order valence-electron chi connectivity index (χ4n) is 3.45. The van der Waals surface area contributed by atoms with Crippen molar-refractivity contribution in [1.29, 1.82) is 0 Å². The van der Waals surface area contributed by atoms with Crippen molar-refractivity contribution < 1.29 is 18.3 Å². The average molecular weight is 404 g/mol. The van der Waals surface area contributed by atoms with Crippen molar-refractivity contribution in [2.75, 3.05) is 15.7 Å². The maximum atomic E-state index is 13.3. The predicted octanol–water partition coefficient (Wildman–Crippen LogP) is 3.81. The van der Waals surface area contributed by atoms with Gasteiger partial charge in [-0.1, -0.05) is 12.1 Å². The predicted molar refractivity (Wildman–Crippen MR) is 109 cm³/mol. The molecule has 1 aliphatic rings. The second-order valence-electron chi connectivity index (χ2n) is 7.95. The number of pyridine rings is 1. The molecule has 150 valence electrons. The van der Waals surface area contributed by atoms with E-state index in [0.717, 1.165) is 5.56 Å². The first-order valence-electron chi connectivity index (χ1n) is 9.13. The van der Waals surface area contributed by atoms with E-state index in [9.17, 15) is 18.3 Å². The Bertz CT molecular complexity index is 1010. The number of carbonyl (C=O) groups is 1. The third kappa shape index (κ3) is 3.69. The Balaban J connectivity index is 2.12. The van der Waals surface area contributed by atoms with Gasteiger partial charge in [-0.2, -0.15) is 0 Å². The molecule has 1 aliphatic heterocycles. The molecule has 0 spiro atoms. The number of fused-ring (bicyclic) bond motifs is 1. The van der Waals surface area contributed by atoms with Crippen LogP contribution >= 0.6 is 0 Å². The van der Waals surface area contributed by atoms with E-state index in [0.29, 0.717) is 36.5 Å². The van der Waals surface area contributed by atoms with Crippen molar-refractivity contribution in [2.24, 2.45) is 0 Å². The van der Waals surface area contributed by atoms with Gasteiger partial charge in [0, 0.05) is 12.1 Å². The summed E-state index contributed by atoms with van der Waals surface area (Å²) >= 11 is 0. The molecule has 0 fully saturated rings. The van der Waals surface area contributed by atoms with Crippen molar-refractivity contribution in [1.82, 2.24) is 4.98 Å². The van der Waals surface area contributed by atoms with Gasteiger partial charge < -0.3 is 5.11 Å². The zero-order chi connectivity index (χ0) is 20.7. The molecular formula is C20H25N3O4S. The highest BCUT2D eigenvalue weighted by atomic mass is 32.2. The molecule has 0 saturated carbocycles. The van der Waals surface area contributed by atoms with Crippen LogP contribution in [-0.4, -0.2) is 36.7 Å². The molecule has 0 unspecified atom stereocenters. The normalized spacial score (nSPS) is 14.5. The minimum atomic E-state index is -3.77. The molecule has 2 heterocycles. The Kier molecular flexibility index (Phi) is 5.10. The summed E-state index contributed by atoms with van der Waals surface area (Å²) in [6.45, 7) is 7.51. The van der Waals surface area contributed by atoms with Crippen LogP contribution in [0.4, 0.5) is 16.2 Å². The van der Waals surface area contributed by atoms with Gasteiger partial charge in [0.05, 0.1) is 28.2 Å². The molecule has 1 aromatic carbocycles. The number of anilines is 2. The van der Waals surface area contributed by atoms with Gasteiger partial charge in [0.25, 0.3) is 10.0 Å². The first-order valence-corrected chi connectivity index (χ1v) is 10.6. The lowest BCUT2D eigenvalue weighted by atomic mass is 10.0. The van der Waals surface area contributed by atoms with E-state index in [1.807, 2.05) is 13.0 Å². The highest BCUT2D eigenvalue weighted by molar-refractivity contribution is 7.92. The number of amides is 1. The van der Waals surface area contributed by atoms with Crippen LogP contribution < -0.4 is 9.21 Å². The molecule has 1 amide bonds. The Hall–Kier alpha value is -2.61. The second kappa shape index (κ2) is 7.09. The molecule has 0 atom stereocenters. The van der Waals surface area contributed by atoms with Crippen molar-refractivity contribution in [3.63, 3.8) is 0 Å². The maximum Gasteiger partial charge on any atom is 0.412 e. The molecule has 0 radical (unpaired) electrons. The van der Waals surface area contributed by atoms with Crippen molar-refractivity contribution in [2.45, 2.75) is 51.0 Å². The second-order valence-corrected chi connectivity index (χ2v) is 9.81. The molecule has 0 saturated heterocycles. The van der Waals surface area contributed by atoms with Gasteiger partial charge in [-0.3, -0.25) is 14.2 Å². The molecule has 0 bridgehead atoms. The lowest BCUT2D eigenvalue weighted by molar-refractivity contribution is 0.195. The SMILES string of the molecule is Cc1cccc(S(=O)(=O)N2CCCc3ncc(N(C(=O)O)C(C)(C)C)cc32)c1. The van der Waals surface area contributed by atoms with Crippen molar-refractivity contribution in [3.8, 4) is 0 Å². The summed E-state index contributed by atoms with van der Waals surface area (Å²) in [4.78, 5) is 17.6. The van der Waals surface area contributed by atoms with Gasteiger partial charge in [-0.15, -0.1) is 0 Å². The zero-order valence-electron chi connectivity index (χ0n) is 16.5. The summed E-state index contributed by atoms with van der Waals surface area (Å²) in [6.07, 6.45) is 1.70. The summed E-state index contributed by atoms with van der Waals surface area (Å²) in [5, 5.41) is 9.67. The van der Waals surface area contributed by atoms with Gasteiger partial charge >= 0.3 is 6.09 Å². The largest absolute Gasteiger partial charge is 0.465 e. The summed E-state index contributed by atoms with van der Waals surface area (Å²) < 4.78 is 27.9. The van der Waals surface area contributed by atoms with Crippen LogP contribution in [-0.2, 0) is 16.4 Å². The number of aromatic nitrogens is 1. The highest BCUT2D eigenvalue weighted by Crippen LogP contribution is 2.35. The summed E-state index contributed by atoms with van der Waals surface area (Å²) in [6, 6.07) is 8.39. The molecule has 8 heteroatoms. The lowest BCUT2D eigenvalue weighted by Crippen LogP contribution is -2.45. The summed E-state index contributed by atoms with van der Waals surface area (Å²) in [5.74, 6) is 0. The molecule has 1 N–H and O–H groups in total. The number of benzene rings is 1. The highest BCUT2D eigenvalue weighted by Gasteiger charge is 2.33. The first-order chi connectivity index (χ1) is 13.0. The van der Waals surface area contributed by atoms with Crippen LogP contribution in [0.2, 0.25) is 0 Å². The van der Waals surface area contributed by atoms with Crippen LogP contribution in [0.3, 0.4) is 0 Å². The number of sulfonamides is 1. The van der Waals surface area contributed by atoms with E-state index in [4.69, 9.17) is 0 Å². The van der Waals surface area contributed by atoms with Crippen molar-refractivity contribution >= 4 is 27.5 Å². The first kappa shape index (κ1) is 20.1. The number of hydrogen-bond donors (Lipinski definition) is 1. The van der Waals surface area contributed by atoms with Crippen LogP contribution in [0.15, 0.2) is 41.4 Å². The molecule has 3 rings (SSSR count). The van der Waals surface area contributed by atoms with Crippen LogP contribution in [0.5, 0.6) is 0 Å². The quantitative estimate of drug-likeness (QED) is 0.841. The van der Waals surface area contributed by atoms with Gasteiger partial charge in [0.15, 0.2) is 0 Å². The smallest absolute Gasteiger partial charge is 0.412 e. The van der Waals surface area contributed by atoms with Crippen LogP contribution in [0, 0.1) is 6.92 Å². The van der Waals surface area contributed by atoms with Crippen LogP contribution in [0.1, 0.15) is 38.4 Å². The lowest BCUT2D eigenvalue weighted by Gasteiger charge is -2.35. The molecule has 0 aliphatic carbocycles. The standard InChI is InChI=1S/C20H25N3O4S/c1-14-7-5-8-16(11-14)28(26,27)22-10-6-9-17-18(22)12-15(13-21-17)23(19(24)25)20(2,3)4/h5,7-8,11-13H,6,9-10H2,1-4H3,(H,24,25). The monoisotopic (exact) mass is 403 g/mol. The van der Waals surface area contributed by atoms with E-state index >= 15 is 0 Å². The third-order valence-electron chi connectivity index (χ3n) is 4.67. The number of rotatable bonds is 3. The Morgan fingerprint density at radius 2 is 1.96 bits per heavy atom. The minimum absolute atomic E-state index is 0.219. The van der Waals surface area contributed by atoms with Crippen LogP contribution in [0.25, 0.3) is 0 Å². The fraction of sp³-hybridized carbons (Fsp3) is 0.400. The molecular weight excluding hydrogens is 378 g/mol. The number of aryl methyl sites for hydroxylation is 2. The molecule has 28 heavy (non-hydrogen) atoms.